The normalized spacial score (nSPS) is 10.5. The molecule has 0 fully saturated rings. The fourth-order valence-electron chi connectivity index (χ4n) is 2.86. The first kappa shape index (κ1) is 19.4. The van der Waals surface area contributed by atoms with E-state index >= 15 is 0 Å². The van der Waals surface area contributed by atoms with Crippen molar-refractivity contribution in [2.45, 2.75) is 6.42 Å². The maximum atomic E-state index is 12.2. The summed E-state index contributed by atoms with van der Waals surface area (Å²) in [4.78, 5) is 35.4. The monoisotopic (exact) mass is 395 g/mol. The standard InChI is InChI=1S/C21H18ClN3O3/c22-18-11-15(8-9-17(18)21(23)28)25-20(27)12-24-19(26)10-14-6-3-5-13-4-1-2-7-16(13)14/h1-9,11H,10,12H2,(H2,23,28)(H,24,26)(H,25,27). The van der Waals surface area contributed by atoms with E-state index in [0.29, 0.717) is 5.69 Å². The first-order valence-corrected chi connectivity index (χ1v) is 8.94. The molecule has 0 unspecified atom stereocenters. The highest BCUT2D eigenvalue weighted by molar-refractivity contribution is 6.34. The van der Waals surface area contributed by atoms with E-state index in [-0.39, 0.29) is 29.5 Å². The van der Waals surface area contributed by atoms with Crippen LogP contribution in [0, 0.1) is 0 Å². The molecule has 7 heteroatoms. The van der Waals surface area contributed by atoms with E-state index in [4.69, 9.17) is 17.3 Å². The molecule has 0 heterocycles. The van der Waals surface area contributed by atoms with Crippen molar-refractivity contribution in [3.05, 3.63) is 76.8 Å². The third-order valence-corrected chi connectivity index (χ3v) is 4.51. The molecule has 6 nitrogen and oxygen atoms in total. The van der Waals surface area contributed by atoms with E-state index in [0.717, 1.165) is 16.3 Å². The van der Waals surface area contributed by atoms with Gasteiger partial charge in [-0.25, -0.2) is 0 Å². The number of primary amides is 1. The second kappa shape index (κ2) is 8.54. The van der Waals surface area contributed by atoms with Crippen molar-refractivity contribution in [1.29, 1.82) is 0 Å². The molecule has 3 aromatic rings. The van der Waals surface area contributed by atoms with Gasteiger partial charge in [-0.1, -0.05) is 54.1 Å². The van der Waals surface area contributed by atoms with Crippen LogP contribution in [0.3, 0.4) is 0 Å². The van der Waals surface area contributed by atoms with Crippen LogP contribution < -0.4 is 16.4 Å². The van der Waals surface area contributed by atoms with Gasteiger partial charge in [0, 0.05) is 5.69 Å². The molecule has 0 aliphatic heterocycles. The summed E-state index contributed by atoms with van der Waals surface area (Å²) in [5.41, 5.74) is 6.66. The van der Waals surface area contributed by atoms with Crippen molar-refractivity contribution in [1.82, 2.24) is 5.32 Å². The molecule has 0 spiro atoms. The number of carbonyl (C=O) groups is 3. The van der Waals surface area contributed by atoms with Gasteiger partial charge in [0.15, 0.2) is 0 Å². The van der Waals surface area contributed by atoms with Gasteiger partial charge in [-0.15, -0.1) is 0 Å². The van der Waals surface area contributed by atoms with Crippen LogP contribution in [0.15, 0.2) is 60.7 Å². The highest BCUT2D eigenvalue weighted by Crippen LogP contribution is 2.21. The average molecular weight is 396 g/mol. The van der Waals surface area contributed by atoms with Gasteiger partial charge in [-0.2, -0.15) is 0 Å². The average Bonchev–Trinajstić information content (AvgIpc) is 2.66. The number of halogens is 1. The highest BCUT2D eigenvalue weighted by Gasteiger charge is 2.11. The second-order valence-electron chi connectivity index (χ2n) is 6.20. The second-order valence-corrected chi connectivity index (χ2v) is 6.61. The molecule has 3 rings (SSSR count). The minimum atomic E-state index is -0.649. The molecule has 0 aliphatic rings. The zero-order valence-electron chi connectivity index (χ0n) is 14.9. The summed E-state index contributed by atoms with van der Waals surface area (Å²) in [6.07, 6.45) is 0.174. The van der Waals surface area contributed by atoms with E-state index < -0.39 is 11.8 Å². The van der Waals surface area contributed by atoms with Gasteiger partial charge in [0.1, 0.15) is 0 Å². The lowest BCUT2D eigenvalue weighted by molar-refractivity contribution is -0.123. The lowest BCUT2D eigenvalue weighted by Gasteiger charge is -2.09. The van der Waals surface area contributed by atoms with Gasteiger partial charge >= 0.3 is 0 Å². The summed E-state index contributed by atoms with van der Waals surface area (Å²) in [6, 6.07) is 18.0. The van der Waals surface area contributed by atoms with E-state index in [1.165, 1.54) is 18.2 Å². The quantitative estimate of drug-likeness (QED) is 0.598. The van der Waals surface area contributed by atoms with E-state index in [2.05, 4.69) is 10.6 Å². The van der Waals surface area contributed by atoms with Crippen LogP contribution >= 0.6 is 11.6 Å². The summed E-state index contributed by atoms with van der Waals surface area (Å²) in [7, 11) is 0. The predicted octanol–water partition coefficient (Wildman–Crippen LogP) is 2.89. The van der Waals surface area contributed by atoms with E-state index in [1.54, 1.807) is 0 Å². The Labute approximate surface area is 166 Å². The Hall–Kier alpha value is -3.38. The number of benzene rings is 3. The molecule has 3 aromatic carbocycles. The molecule has 28 heavy (non-hydrogen) atoms. The molecule has 0 bridgehead atoms. The zero-order chi connectivity index (χ0) is 20.1. The summed E-state index contributed by atoms with van der Waals surface area (Å²) in [5.74, 6) is -1.31. The molecular formula is C21H18ClN3O3. The Morgan fingerprint density at radius 1 is 0.929 bits per heavy atom. The first-order chi connectivity index (χ1) is 13.4. The number of anilines is 1. The molecule has 0 aliphatic carbocycles. The molecule has 0 atom stereocenters. The Balaban J connectivity index is 1.56. The van der Waals surface area contributed by atoms with Crippen molar-refractivity contribution in [2.24, 2.45) is 5.73 Å². The van der Waals surface area contributed by atoms with E-state index in [1.807, 2.05) is 42.5 Å². The van der Waals surface area contributed by atoms with Gasteiger partial charge in [0.25, 0.3) is 0 Å². The topological polar surface area (TPSA) is 101 Å². The lowest BCUT2D eigenvalue weighted by Crippen LogP contribution is -2.33. The molecule has 142 valence electrons. The Morgan fingerprint density at radius 2 is 1.68 bits per heavy atom. The third-order valence-electron chi connectivity index (χ3n) is 4.20. The molecular weight excluding hydrogens is 378 g/mol. The maximum Gasteiger partial charge on any atom is 0.250 e. The van der Waals surface area contributed by atoms with Crippen molar-refractivity contribution in [3.63, 3.8) is 0 Å². The van der Waals surface area contributed by atoms with Crippen LogP contribution in [0.25, 0.3) is 10.8 Å². The number of carbonyl (C=O) groups excluding carboxylic acids is 3. The van der Waals surface area contributed by atoms with Gasteiger partial charge < -0.3 is 16.4 Å². The molecule has 4 N–H and O–H groups in total. The number of hydrogen-bond acceptors (Lipinski definition) is 3. The smallest absolute Gasteiger partial charge is 0.250 e. The number of nitrogens with one attached hydrogen (secondary N) is 2. The summed E-state index contributed by atoms with van der Waals surface area (Å²) < 4.78 is 0. The fraction of sp³-hybridized carbons (Fsp3) is 0.0952. The minimum absolute atomic E-state index is 0.144. The molecule has 0 saturated heterocycles. The summed E-state index contributed by atoms with van der Waals surface area (Å²) in [6.45, 7) is -0.182. The maximum absolute atomic E-state index is 12.2. The molecule has 0 saturated carbocycles. The largest absolute Gasteiger partial charge is 0.366 e. The summed E-state index contributed by atoms with van der Waals surface area (Å²) in [5, 5.41) is 7.42. The predicted molar refractivity (Wildman–Crippen MR) is 109 cm³/mol. The van der Waals surface area contributed by atoms with Crippen molar-refractivity contribution >= 4 is 45.8 Å². The van der Waals surface area contributed by atoms with Crippen LogP contribution in [0.2, 0.25) is 5.02 Å². The first-order valence-electron chi connectivity index (χ1n) is 8.56. The molecule has 0 aromatic heterocycles. The number of nitrogens with two attached hydrogens (primary N) is 1. The van der Waals surface area contributed by atoms with Gasteiger partial charge in [-0.05, 0) is 34.5 Å². The van der Waals surface area contributed by atoms with Crippen LogP contribution in [0.5, 0.6) is 0 Å². The fourth-order valence-corrected chi connectivity index (χ4v) is 3.13. The SMILES string of the molecule is NC(=O)c1ccc(NC(=O)CNC(=O)Cc2cccc3ccccc23)cc1Cl. The van der Waals surface area contributed by atoms with Crippen LogP contribution in [-0.4, -0.2) is 24.3 Å². The van der Waals surface area contributed by atoms with Crippen LogP contribution in [-0.2, 0) is 16.0 Å². The van der Waals surface area contributed by atoms with E-state index in [9.17, 15) is 14.4 Å². The van der Waals surface area contributed by atoms with Gasteiger partial charge in [-0.3, -0.25) is 14.4 Å². The zero-order valence-corrected chi connectivity index (χ0v) is 15.6. The minimum Gasteiger partial charge on any atom is -0.366 e. The van der Waals surface area contributed by atoms with Crippen LogP contribution in [0.1, 0.15) is 15.9 Å². The number of hydrogen-bond donors (Lipinski definition) is 3. The van der Waals surface area contributed by atoms with Crippen molar-refractivity contribution < 1.29 is 14.4 Å². The Morgan fingerprint density at radius 3 is 2.43 bits per heavy atom. The lowest BCUT2D eigenvalue weighted by atomic mass is 10.0. The van der Waals surface area contributed by atoms with Gasteiger partial charge in [0.05, 0.1) is 23.6 Å². The number of amides is 3. The van der Waals surface area contributed by atoms with Crippen molar-refractivity contribution in [2.75, 3.05) is 11.9 Å². The Bertz CT molecular complexity index is 1060. The summed E-state index contributed by atoms with van der Waals surface area (Å²) >= 11 is 5.95. The van der Waals surface area contributed by atoms with Crippen molar-refractivity contribution in [3.8, 4) is 0 Å². The molecule has 0 radical (unpaired) electrons. The van der Waals surface area contributed by atoms with Crippen LogP contribution in [0.4, 0.5) is 5.69 Å². The third kappa shape index (κ3) is 4.66. The molecule has 3 amide bonds. The Kier molecular flexibility index (Phi) is 5.91. The number of rotatable bonds is 6. The highest BCUT2D eigenvalue weighted by atomic mass is 35.5. The number of fused-ring (bicyclic) bond motifs is 1. The van der Waals surface area contributed by atoms with Gasteiger partial charge in [0.2, 0.25) is 17.7 Å².